The first kappa shape index (κ1) is 22.4. The van der Waals surface area contributed by atoms with Crippen LogP contribution in [0.3, 0.4) is 0 Å². The molecule has 0 saturated carbocycles. The summed E-state index contributed by atoms with van der Waals surface area (Å²) in [7, 11) is 0. The monoisotopic (exact) mass is 400 g/mol. The molecule has 0 aliphatic rings. The molecule has 1 atom stereocenters. The van der Waals surface area contributed by atoms with Crippen LogP contribution in [-0.4, -0.2) is 35.9 Å². The van der Waals surface area contributed by atoms with Crippen molar-refractivity contribution in [1.82, 2.24) is 10.2 Å². The lowest BCUT2D eigenvalue weighted by atomic mass is 10.1. The van der Waals surface area contributed by atoms with Crippen molar-refractivity contribution < 1.29 is 18.7 Å². The highest BCUT2D eigenvalue weighted by Gasteiger charge is 2.28. The van der Waals surface area contributed by atoms with Crippen LogP contribution in [0.2, 0.25) is 0 Å². The van der Waals surface area contributed by atoms with Crippen LogP contribution in [0.1, 0.15) is 37.0 Å². The van der Waals surface area contributed by atoms with E-state index in [1.165, 1.54) is 17.0 Å². The molecule has 0 fully saturated rings. The third-order valence-corrected chi connectivity index (χ3v) is 4.70. The first-order chi connectivity index (χ1) is 13.8. The highest BCUT2D eigenvalue weighted by molar-refractivity contribution is 5.88. The molecule has 5 nitrogen and oxygen atoms in total. The predicted octanol–water partition coefficient (Wildman–Crippen LogP) is 3.76. The summed E-state index contributed by atoms with van der Waals surface area (Å²) in [5.74, 6) is -0.211. The Balaban J connectivity index is 2.21. The average Bonchev–Trinajstić information content (AvgIpc) is 2.70. The van der Waals surface area contributed by atoms with E-state index in [4.69, 9.17) is 4.74 Å². The van der Waals surface area contributed by atoms with Gasteiger partial charge in [0.05, 0.1) is 0 Å². The number of hydrogen-bond donors (Lipinski definition) is 1. The van der Waals surface area contributed by atoms with E-state index < -0.39 is 6.04 Å². The summed E-state index contributed by atoms with van der Waals surface area (Å²) in [5.41, 5.74) is 2.72. The predicted molar refractivity (Wildman–Crippen MR) is 111 cm³/mol. The van der Waals surface area contributed by atoms with Gasteiger partial charge in [-0.3, -0.25) is 9.59 Å². The highest BCUT2D eigenvalue weighted by atomic mass is 19.1. The SMILES string of the molecule is CCNC(=O)[C@H](CC)N(Cc1ccc(F)cc1)C(=O)COc1cc(C)ccc1C. The summed E-state index contributed by atoms with van der Waals surface area (Å²) in [4.78, 5) is 27.1. The molecule has 156 valence electrons. The smallest absolute Gasteiger partial charge is 0.261 e. The number of rotatable bonds is 9. The van der Waals surface area contributed by atoms with Crippen LogP contribution in [0, 0.1) is 19.7 Å². The zero-order chi connectivity index (χ0) is 21.4. The van der Waals surface area contributed by atoms with Crippen molar-refractivity contribution in [1.29, 1.82) is 0 Å². The molecule has 6 heteroatoms. The van der Waals surface area contributed by atoms with Crippen LogP contribution in [0.25, 0.3) is 0 Å². The number of carbonyl (C=O) groups excluding carboxylic acids is 2. The molecule has 0 saturated heterocycles. The maximum Gasteiger partial charge on any atom is 0.261 e. The molecule has 0 spiro atoms. The topological polar surface area (TPSA) is 58.6 Å². The number of nitrogens with one attached hydrogen (secondary N) is 1. The Morgan fingerprint density at radius 1 is 1.10 bits per heavy atom. The molecule has 0 radical (unpaired) electrons. The van der Waals surface area contributed by atoms with Crippen molar-refractivity contribution in [3.8, 4) is 5.75 Å². The Labute approximate surface area is 171 Å². The minimum absolute atomic E-state index is 0.179. The normalized spacial score (nSPS) is 11.6. The van der Waals surface area contributed by atoms with Gasteiger partial charge >= 0.3 is 0 Å². The third kappa shape index (κ3) is 6.31. The first-order valence-electron chi connectivity index (χ1n) is 9.87. The molecule has 0 bridgehead atoms. The minimum atomic E-state index is -0.630. The van der Waals surface area contributed by atoms with Crippen molar-refractivity contribution in [3.05, 3.63) is 65.0 Å². The number of ether oxygens (including phenoxy) is 1. The molecule has 2 aromatic carbocycles. The molecule has 0 heterocycles. The number of likely N-dealkylation sites (N-methyl/N-ethyl adjacent to an activating group) is 1. The third-order valence-electron chi connectivity index (χ3n) is 4.70. The van der Waals surface area contributed by atoms with Crippen LogP contribution in [0.15, 0.2) is 42.5 Å². The maximum atomic E-state index is 13.3. The van der Waals surface area contributed by atoms with E-state index in [0.717, 1.165) is 16.7 Å². The van der Waals surface area contributed by atoms with Gasteiger partial charge in [-0.25, -0.2) is 4.39 Å². The van der Waals surface area contributed by atoms with Crippen molar-refractivity contribution in [3.63, 3.8) is 0 Å². The number of aryl methyl sites for hydroxylation is 2. The summed E-state index contributed by atoms with van der Waals surface area (Å²) < 4.78 is 19.0. The Bertz CT molecular complexity index is 837. The van der Waals surface area contributed by atoms with E-state index >= 15 is 0 Å². The van der Waals surface area contributed by atoms with E-state index in [-0.39, 0.29) is 30.8 Å². The van der Waals surface area contributed by atoms with Crippen LogP contribution in [0.5, 0.6) is 5.75 Å². The molecule has 2 aromatic rings. The molecule has 1 N–H and O–H groups in total. The van der Waals surface area contributed by atoms with Crippen molar-refractivity contribution in [2.24, 2.45) is 0 Å². The van der Waals surface area contributed by atoms with Gasteiger partial charge in [0.1, 0.15) is 17.6 Å². The number of nitrogens with zero attached hydrogens (tertiary/aromatic N) is 1. The lowest BCUT2D eigenvalue weighted by Gasteiger charge is -2.30. The van der Waals surface area contributed by atoms with Gasteiger partial charge in [-0.1, -0.05) is 31.2 Å². The van der Waals surface area contributed by atoms with Crippen LogP contribution >= 0.6 is 0 Å². The molecule has 2 rings (SSSR count). The summed E-state index contributed by atoms with van der Waals surface area (Å²) in [6, 6.07) is 11.1. The van der Waals surface area contributed by atoms with Crippen molar-refractivity contribution in [2.45, 2.75) is 46.7 Å². The standard InChI is InChI=1S/C23H29FN2O3/c1-5-20(23(28)25-6-2)26(14-18-9-11-19(24)12-10-18)22(27)15-29-21-13-16(3)7-8-17(21)4/h7-13,20H,5-6,14-15H2,1-4H3,(H,25,28)/t20-/m0/s1. The van der Waals surface area contributed by atoms with E-state index in [1.807, 2.05) is 45.9 Å². The van der Waals surface area contributed by atoms with Gasteiger partial charge in [0.25, 0.3) is 5.91 Å². The van der Waals surface area contributed by atoms with Gasteiger partial charge in [0.2, 0.25) is 5.91 Å². The Morgan fingerprint density at radius 2 is 1.79 bits per heavy atom. The average molecular weight is 400 g/mol. The molecule has 29 heavy (non-hydrogen) atoms. The number of amides is 2. The fourth-order valence-corrected chi connectivity index (χ4v) is 3.08. The molecule has 2 amide bonds. The van der Waals surface area contributed by atoms with Gasteiger partial charge in [0.15, 0.2) is 6.61 Å². The molecule has 0 aromatic heterocycles. The minimum Gasteiger partial charge on any atom is -0.483 e. The highest BCUT2D eigenvalue weighted by Crippen LogP contribution is 2.20. The fraction of sp³-hybridized carbons (Fsp3) is 0.391. The van der Waals surface area contributed by atoms with Crippen molar-refractivity contribution in [2.75, 3.05) is 13.2 Å². The Hall–Kier alpha value is -2.89. The van der Waals surface area contributed by atoms with E-state index in [9.17, 15) is 14.0 Å². The lowest BCUT2D eigenvalue weighted by molar-refractivity contribution is -0.142. The van der Waals surface area contributed by atoms with Gasteiger partial charge in [0, 0.05) is 13.1 Å². The second-order valence-electron chi connectivity index (χ2n) is 7.02. The summed E-state index contributed by atoms with van der Waals surface area (Å²) in [5, 5.41) is 2.78. The van der Waals surface area contributed by atoms with E-state index in [1.54, 1.807) is 12.1 Å². The van der Waals surface area contributed by atoms with E-state index in [0.29, 0.717) is 18.7 Å². The molecule has 0 aliphatic heterocycles. The molecule has 0 unspecified atom stereocenters. The largest absolute Gasteiger partial charge is 0.483 e. The van der Waals surface area contributed by atoms with Gasteiger partial charge in [-0.05, 0) is 62.1 Å². The summed E-state index contributed by atoms with van der Waals surface area (Å²) in [6.45, 7) is 8.06. The van der Waals surface area contributed by atoms with Crippen LogP contribution in [-0.2, 0) is 16.1 Å². The molecular weight excluding hydrogens is 371 g/mol. The number of benzene rings is 2. The van der Waals surface area contributed by atoms with Gasteiger partial charge in [-0.15, -0.1) is 0 Å². The maximum absolute atomic E-state index is 13.3. The second-order valence-corrected chi connectivity index (χ2v) is 7.02. The number of carbonyl (C=O) groups is 2. The van der Waals surface area contributed by atoms with Gasteiger partial charge < -0.3 is 15.0 Å². The van der Waals surface area contributed by atoms with Gasteiger partial charge in [-0.2, -0.15) is 0 Å². The van der Waals surface area contributed by atoms with Crippen LogP contribution < -0.4 is 10.1 Å². The number of halogens is 1. The zero-order valence-corrected chi connectivity index (χ0v) is 17.5. The quantitative estimate of drug-likeness (QED) is 0.697. The Morgan fingerprint density at radius 3 is 2.41 bits per heavy atom. The molecular formula is C23H29FN2O3. The van der Waals surface area contributed by atoms with E-state index in [2.05, 4.69) is 5.32 Å². The number of hydrogen-bond acceptors (Lipinski definition) is 3. The lowest BCUT2D eigenvalue weighted by Crippen LogP contribution is -2.50. The summed E-state index contributed by atoms with van der Waals surface area (Å²) in [6.07, 6.45) is 0.461. The fourth-order valence-electron chi connectivity index (χ4n) is 3.08. The van der Waals surface area contributed by atoms with Crippen molar-refractivity contribution >= 4 is 11.8 Å². The second kappa shape index (κ2) is 10.6. The zero-order valence-electron chi connectivity index (χ0n) is 17.5. The summed E-state index contributed by atoms with van der Waals surface area (Å²) >= 11 is 0. The first-order valence-corrected chi connectivity index (χ1v) is 9.87. The molecule has 0 aliphatic carbocycles. The Kier molecular flexibility index (Phi) is 8.19. The van der Waals surface area contributed by atoms with Crippen LogP contribution in [0.4, 0.5) is 4.39 Å².